The molecule has 1 atom stereocenters. The predicted molar refractivity (Wildman–Crippen MR) is 57.1 cm³/mol. The molecule has 0 heteroatoms. The van der Waals surface area contributed by atoms with E-state index in [2.05, 4.69) is 27.2 Å². The smallest absolute Gasteiger partial charge is 0.0386 e. The summed E-state index contributed by atoms with van der Waals surface area (Å²) in [7, 11) is 0. The molecule has 0 fully saturated rings. The minimum absolute atomic E-state index is 0.924. The Morgan fingerprint density at radius 1 is 1.08 bits per heavy atom. The summed E-state index contributed by atoms with van der Waals surface area (Å²) in [5.74, 6) is 0.924. The van der Waals surface area contributed by atoms with E-state index in [4.69, 9.17) is 0 Å². The third kappa shape index (κ3) is 8.10. The third-order valence-electron chi connectivity index (χ3n) is 2.57. The van der Waals surface area contributed by atoms with E-state index < -0.39 is 0 Å². The first-order valence-corrected chi connectivity index (χ1v) is 5.62. The molecular weight excluding hydrogens is 144 g/mol. The van der Waals surface area contributed by atoms with Gasteiger partial charge >= 0.3 is 0 Å². The van der Waals surface area contributed by atoms with Crippen LogP contribution in [-0.2, 0) is 0 Å². The van der Waals surface area contributed by atoms with Crippen molar-refractivity contribution < 1.29 is 0 Å². The average molecular weight is 169 g/mol. The van der Waals surface area contributed by atoms with Crippen LogP contribution in [0.5, 0.6) is 0 Å². The van der Waals surface area contributed by atoms with Crippen molar-refractivity contribution in [3.05, 3.63) is 6.42 Å². The summed E-state index contributed by atoms with van der Waals surface area (Å²) in [5.41, 5.74) is 0. The lowest BCUT2D eigenvalue weighted by molar-refractivity contribution is 0.507. The van der Waals surface area contributed by atoms with Gasteiger partial charge in [-0.15, -0.1) is 0 Å². The molecule has 0 aliphatic carbocycles. The van der Waals surface area contributed by atoms with Crippen molar-refractivity contribution in [2.75, 3.05) is 0 Å². The van der Waals surface area contributed by atoms with Crippen LogP contribution in [0.4, 0.5) is 0 Å². The van der Waals surface area contributed by atoms with Crippen LogP contribution in [0.3, 0.4) is 0 Å². The van der Waals surface area contributed by atoms with E-state index in [1.807, 2.05) is 0 Å². The number of hydrogen-bond donors (Lipinski definition) is 0. The van der Waals surface area contributed by atoms with Crippen LogP contribution in [0, 0.1) is 12.3 Å². The van der Waals surface area contributed by atoms with Gasteiger partial charge in [0.25, 0.3) is 0 Å². The molecule has 0 aliphatic heterocycles. The minimum atomic E-state index is 0.924. The van der Waals surface area contributed by atoms with Crippen molar-refractivity contribution in [3.63, 3.8) is 0 Å². The van der Waals surface area contributed by atoms with Crippen molar-refractivity contribution in [1.29, 1.82) is 0 Å². The molecule has 0 bridgehead atoms. The predicted octanol–water partition coefficient (Wildman–Crippen LogP) is 4.60. The Labute approximate surface area is 78.8 Å². The molecule has 0 N–H and O–H groups in total. The molecule has 0 aliphatic rings. The number of unbranched alkanes of at least 4 members (excludes halogenated alkanes) is 5. The van der Waals surface area contributed by atoms with E-state index in [0.29, 0.717) is 0 Å². The van der Waals surface area contributed by atoms with Gasteiger partial charge in [-0.05, 0) is 18.8 Å². The molecule has 0 unspecified atom stereocenters. The van der Waals surface area contributed by atoms with E-state index in [1.165, 1.54) is 44.9 Å². The Morgan fingerprint density at radius 3 is 2.42 bits per heavy atom. The molecular formula is C12H25. The second-order valence-electron chi connectivity index (χ2n) is 3.88. The maximum absolute atomic E-state index is 2.47. The van der Waals surface area contributed by atoms with Crippen LogP contribution in [0.2, 0.25) is 0 Å². The highest BCUT2D eigenvalue weighted by molar-refractivity contribution is 4.66. The molecule has 12 heavy (non-hydrogen) atoms. The van der Waals surface area contributed by atoms with E-state index in [9.17, 15) is 0 Å². The van der Waals surface area contributed by atoms with E-state index in [1.54, 1.807) is 0 Å². The molecule has 0 rings (SSSR count). The lowest BCUT2D eigenvalue weighted by atomic mass is 10.00. The molecule has 0 aromatic heterocycles. The van der Waals surface area contributed by atoms with Crippen LogP contribution in [0.15, 0.2) is 0 Å². The molecule has 0 aromatic carbocycles. The van der Waals surface area contributed by atoms with Gasteiger partial charge in [0, 0.05) is 0 Å². The quantitative estimate of drug-likeness (QED) is 0.466. The third-order valence-corrected chi connectivity index (χ3v) is 2.57. The summed E-state index contributed by atoms with van der Waals surface area (Å²) in [6.45, 7) is 6.89. The van der Waals surface area contributed by atoms with Gasteiger partial charge < -0.3 is 0 Å². The van der Waals surface area contributed by atoms with Crippen LogP contribution in [-0.4, -0.2) is 0 Å². The molecule has 0 heterocycles. The highest BCUT2D eigenvalue weighted by Gasteiger charge is 1.97. The number of hydrogen-bond acceptors (Lipinski definition) is 0. The summed E-state index contributed by atoms with van der Waals surface area (Å²) in [4.78, 5) is 0. The fourth-order valence-electron chi connectivity index (χ4n) is 1.29. The van der Waals surface area contributed by atoms with Crippen molar-refractivity contribution in [2.24, 2.45) is 5.92 Å². The Balaban J connectivity index is 2.90. The molecule has 73 valence electrons. The van der Waals surface area contributed by atoms with Crippen molar-refractivity contribution >= 4 is 0 Å². The molecule has 0 aromatic rings. The van der Waals surface area contributed by atoms with Crippen LogP contribution < -0.4 is 0 Å². The zero-order valence-electron chi connectivity index (χ0n) is 9.10. The maximum atomic E-state index is 2.47. The highest BCUT2D eigenvalue weighted by atomic mass is 14.0. The number of rotatable bonds is 8. The first-order chi connectivity index (χ1) is 5.81. The second kappa shape index (κ2) is 9.09. The second-order valence-corrected chi connectivity index (χ2v) is 3.88. The van der Waals surface area contributed by atoms with Crippen LogP contribution in [0.25, 0.3) is 0 Å². The van der Waals surface area contributed by atoms with Crippen LogP contribution in [0.1, 0.15) is 65.7 Å². The summed E-state index contributed by atoms with van der Waals surface area (Å²) in [5, 5.41) is 0. The first-order valence-electron chi connectivity index (χ1n) is 5.62. The highest BCUT2D eigenvalue weighted by Crippen LogP contribution is 2.13. The zero-order chi connectivity index (χ0) is 9.23. The Hall–Kier alpha value is 0. The fourth-order valence-corrected chi connectivity index (χ4v) is 1.29. The first kappa shape index (κ1) is 12.0. The maximum Gasteiger partial charge on any atom is -0.0386 e. The Morgan fingerprint density at radius 2 is 1.83 bits per heavy atom. The van der Waals surface area contributed by atoms with Crippen molar-refractivity contribution in [3.8, 4) is 0 Å². The zero-order valence-corrected chi connectivity index (χ0v) is 9.10. The van der Waals surface area contributed by atoms with Gasteiger partial charge in [-0.1, -0.05) is 59.3 Å². The molecule has 0 nitrogen and oxygen atoms in total. The summed E-state index contributed by atoms with van der Waals surface area (Å²) < 4.78 is 0. The topological polar surface area (TPSA) is 0 Å². The molecule has 1 radical (unpaired) electrons. The lowest BCUT2D eigenvalue weighted by Crippen LogP contribution is -1.91. The lowest BCUT2D eigenvalue weighted by Gasteiger charge is -2.06. The van der Waals surface area contributed by atoms with E-state index >= 15 is 0 Å². The Bertz CT molecular complexity index is 76.1. The molecule has 0 spiro atoms. The van der Waals surface area contributed by atoms with E-state index in [-0.39, 0.29) is 0 Å². The largest absolute Gasteiger partial charge is 0.0654 e. The minimum Gasteiger partial charge on any atom is -0.0654 e. The summed E-state index contributed by atoms with van der Waals surface area (Å²) >= 11 is 0. The summed E-state index contributed by atoms with van der Waals surface area (Å²) in [6, 6.07) is 0. The monoisotopic (exact) mass is 169 g/mol. The SMILES string of the molecule is CCCCC[CH]CC[C@@H](C)CC. The molecule has 0 saturated carbocycles. The normalized spacial score (nSPS) is 13.2. The molecule has 0 saturated heterocycles. The van der Waals surface area contributed by atoms with E-state index in [0.717, 1.165) is 5.92 Å². The van der Waals surface area contributed by atoms with Gasteiger partial charge in [0.15, 0.2) is 0 Å². The fraction of sp³-hybridized carbons (Fsp3) is 0.917. The molecule has 0 amide bonds. The van der Waals surface area contributed by atoms with Gasteiger partial charge in [0.1, 0.15) is 0 Å². The Kier molecular flexibility index (Phi) is 9.09. The van der Waals surface area contributed by atoms with Crippen LogP contribution >= 0.6 is 0 Å². The standard InChI is InChI=1S/C12H25/c1-4-6-7-8-9-10-11-12(3)5-2/h9,12H,4-8,10-11H2,1-3H3/t12-/m0/s1. The summed E-state index contributed by atoms with van der Waals surface area (Å²) in [6.07, 6.45) is 12.0. The van der Waals surface area contributed by atoms with Gasteiger partial charge in [-0.2, -0.15) is 0 Å². The van der Waals surface area contributed by atoms with Gasteiger partial charge in [-0.3, -0.25) is 0 Å². The van der Waals surface area contributed by atoms with Crippen molar-refractivity contribution in [1.82, 2.24) is 0 Å². The van der Waals surface area contributed by atoms with Crippen molar-refractivity contribution in [2.45, 2.75) is 65.7 Å². The van der Waals surface area contributed by atoms with Gasteiger partial charge in [0.05, 0.1) is 0 Å². The van der Waals surface area contributed by atoms with Gasteiger partial charge in [-0.25, -0.2) is 0 Å². The average Bonchev–Trinajstić information content (AvgIpc) is 2.10. The van der Waals surface area contributed by atoms with Gasteiger partial charge in [0.2, 0.25) is 0 Å².